The van der Waals surface area contributed by atoms with Crippen molar-refractivity contribution in [2.24, 2.45) is 5.92 Å². The number of nitrogens with zero attached hydrogens (tertiary/aromatic N) is 2. The van der Waals surface area contributed by atoms with Crippen LogP contribution in [-0.2, 0) is 33.4 Å². The first-order valence-corrected chi connectivity index (χ1v) is 39.6. The molecule has 0 radical (unpaired) electrons. The molecule has 3 unspecified atom stereocenters. The maximum Gasteiger partial charge on any atom is 0.501 e. The Morgan fingerprint density at radius 3 is 1.91 bits per heavy atom. The van der Waals surface area contributed by atoms with Crippen molar-refractivity contribution in [2.45, 2.75) is 122 Å². The molecule has 2 saturated heterocycles. The summed E-state index contributed by atoms with van der Waals surface area (Å²) in [7, 11) is -16.3. The van der Waals surface area contributed by atoms with E-state index in [0.29, 0.717) is 69.2 Å². The van der Waals surface area contributed by atoms with Gasteiger partial charge in [0.25, 0.3) is 34.1 Å². The molecule has 12 nitrogen and oxygen atoms in total. The van der Waals surface area contributed by atoms with Crippen LogP contribution in [0.4, 0.5) is 24.5 Å². The minimum absolute atomic E-state index is 0.0302. The largest absolute Gasteiger partial charge is 0.501 e. The second-order valence-electron chi connectivity index (χ2n) is 25.8. The predicted molar refractivity (Wildman–Crippen MR) is 363 cm³/mol. The number of sulfone groups is 1. The van der Waals surface area contributed by atoms with Crippen molar-refractivity contribution in [1.82, 2.24) is 9.62 Å². The number of amides is 1. The highest BCUT2D eigenvalue weighted by atomic mass is 35.5. The lowest BCUT2D eigenvalue weighted by atomic mass is 9.84. The second kappa shape index (κ2) is 28.6. The lowest BCUT2D eigenvalue weighted by Crippen LogP contribution is -2.67. The number of benzene rings is 7. The fourth-order valence-corrected chi connectivity index (χ4v) is 20.8. The number of hydrogen-bond acceptors (Lipinski definition) is 12. The number of halogens is 4. The van der Waals surface area contributed by atoms with Crippen LogP contribution in [0.25, 0.3) is 11.1 Å². The van der Waals surface area contributed by atoms with Crippen molar-refractivity contribution < 1.29 is 48.4 Å². The highest BCUT2D eigenvalue weighted by Crippen LogP contribution is 2.47. The number of anilines is 2. The van der Waals surface area contributed by atoms with Crippen LogP contribution in [0.1, 0.15) is 82.8 Å². The number of ether oxygens (including phenoxy) is 1. The Morgan fingerprint density at radius 2 is 1.32 bits per heavy atom. The molecular weight excluding hydrogens is 1260 g/mol. The van der Waals surface area contributed by atoms with Crippen LogP contribution >= 0.6 is 23.4 Å². The minimum Gasteiger partial charge on any atom is -0.410 e. The fourth-order valence-electron chi connectivity index (χ4n) is 11.7. The first-order valence-electron chi connectivity index (χ1n) is 30.5. The molecule has 2 fully saturated rings. The van der Waals surface area contributed by atoms with Gasteiger partial charge in [0.2, 0.25) is 0 Å². The van der Waals surface area contributed by atoms with E-state index in [1.54, 1.807) is 12.1 Å². The summed E-state index contributed by atoms with van der Waals surface area (Å²) in [6.45, 7) is 21.5. The molecule has 0 spiro atoms. The molecule has 21 heteroatoms. The van der Waals surface area contributed by atoms with Crippen LogP contribution in [0.15, 0.2) is 197 Å². The summed E-state index contributed by atoms with van der Waals surface area (Å²) in [4.78, 5) is 16.9. The number of alkyl halides is 3. The molecule has 0 aliphatic carbocycles. The van der Waals surface area contributed by atoms with Crippen molar-refractivity contribution in [3.05, 3.63) is 198 Å². The average Bonchev–Trinajstić information content (AvgIpc) is 0.853. The van der Waals surface area contributed by atoms with E-state index in [9.17, 15) is 34.8 Å². The molecule has 7 aromatic carbocycles. The number of sulfonamides is 1. The van der Waals surface area contributed by atoms with E-state index in [1.165, 1.54) is 23.9 Å². The molecule has 2 aliphatic rings. The number of morpholine rings is 1. The number of hydrogen-bond donors (Lipinski definition) is 2. The Labute approximate surface area is 541 Å². The lowest BCUT2D eigenvalue weighted by molar-refractivity contribution is -0.0498. The van der Waals surface area contributed by atoms with Gasteiger partial charge in [0.15, 0.2) is 8.32 Å². The van der Waals surface area contributed by atoms with Gasteiger partial charge in [-0.05, 0) is 142 Å². The summed E-state index contributed by atoms with van der Waals surface area (Å²) < 4.78 is 122. The molecule has 1 amide bonds. The fraction of sp³-hybridized carbons (Fsp3) is 0.377. The van der Waals surface area contributed by atoms with Crippen molar-refractivity contribution in [1.29, 1.82) is 0 Å². The van der Waals surface area contributed by atoms with Crippen LogP contribution in [0.2, 0.25) is 28.2 Å². The normalized spacial score (nSPS) is 16.8. The molecule has 9 rings (SSSR count). The summed E-state index contributed by atoms with van der Waals surface area (Å²) in [5.74, 6) is -0.563. The van der Waals surface area contributed by atoms with Crippen LogP contribution in [-0.4, -0.2) is 114 Å². The van der Waals surface area contributed by atoms with Crippen molar-refractivity contribution in [3.63, 3.8) is 0 Å². The van der Waals surface area contributed by atoms with Crippen LogP contribution in [0.5, 0.6) is 0 Å². The number of thioether (sulfide) groups is 1. The third-order valence-electron chi connectivity index (χ3n) is 17.7. The Balaban J connectivity index is 0.887. The van der Waals surface area contributed by atoms with Gasteiger partial charge in [0, 0.05) is 65.7 Å². The quantitative estimate of drug-likeness (QED) is 0.0465. The third-order valence-corrected chi connectivity index (χ3v) is 31.4. The molecule has 7 aromatic rings. The van der Waals surface area contributed by atoms with E-state index in [-0.39, 0.29) is 33.8 Å². The lowest BCUT2D eigenvalue weighted by Gasteiger charge is -2.44. The van der Waals surface area contributed by atoms with Crippen LogP contribution < -0.4 is 25.3 Å². The molecule has 2 N–H and O–H groups in total. The molecule has 0 aromatic heterocycles. The molecule has 2 aliphatic heterocycles. The van der Waals surface area contributed by atoms with E-state index < -0.39 is 69.4 Å². The van der Waals surface area contributed by atoms with Gasteiger partial charge < -0.3 is 23.8 Å². The summed E-state index contributed by atoms with van der Waals surface area (Å²) in [6, 6.07) is 54.6. The zero-order valence-corrected chi connectivity index (χ0v) is 57.5. The van der Waals surface area contributed by atoms with E-state index in [2.05, 4.69) is 112 Å². The molecule has 90 heavy (non-hydrogen) atoms. The Morgan fingerprint density at radius 1 is 0.733 bits per heavy atom. The molecular formula is C69H82ClF3N4O8S3Si2. The van der Waals surface area contributed by atoms with Gasteiger partial charge in [-0.1, -0.05) is 168 Å². The Bertz CT molecular complexity index is 3730. The zero-order valence-electron chi connectivity index (χ0n) is 52.3. The van der Waals surface area contributed by atoms with Crippen molar-refractivity contribution in [3.8, 4) is 11.1 Å². The average molecular weight is 1340 g/mol. The standard InChI is InChI=1S/C69H82ClF3N4O8S3Si2/c1-67(2,3)89(7,8)85-65(62-27-19-18-26-61(62)50-28-32-53(70)33-29-50)51-38-42-77(43-39-51)55-34-30-52(31-35-55)66(78)75-88(81,82)58-36-37-63(64(46-58)87(79,80)69(71,72)73)74-54(49-86-57-20-12-9-13-21-57)40-41-76-44-45-83-56(47-76)48-84-90(68(4,5)6,59-22-14-10-15-23-59)60-24-16-11-17-25-60/h9-37,46,51,54,56,65,74H,38-45,47-49H2,1-8H3,(H,75,78). The Kier molecular flexibility index (Phi) is 21.8. The van der Waals surface area contributed by atoms with Gasteiger partial charge in [-0.15, -0.1) is 11.8 Å². The minimum atomic E-state index is -6.16. The van der Waals surface area contributed by atoms with E-state index in [1.807, 2.05) is 102 Å². The number of rotatable bonds is 23. The zero-order chi connectivity index (χ0) is 64.7. The summed E-state index contributed by atoms with van der Waals surface area (Å²) in [5, 5.41) is 5.73. The third kappa shape index (κ3) is 16.2. The van der Waals surface area contributed by atoms with E-state index >= 15 is 0 Å². The number of nitrogens with one attached hydrogen (secondary N) is 2. The number of carbonyl (C=O) groups is 1. The number of carbonyl (C=O) groups excluding carboxylic acids is 1. The van der Waals surface area contributed by atoms with Crippen LogP contribution in [0.3, 0.4) is 0 Å². The predicted octanol–water partition coefficient (Wildman–Crippen LogP) is 14.6. The van der Waals surface area contributed by atoms with Gasteiger partial charge in [-0.25, -0.2) is 21.6 Å². The molecule has 3 atom stereocenters. The maximum absolute atomic E-state index is 14.7. The van der Waals surface area contributed by atoms with Gasteiger partial charge in [-0.2, -0.15) is 13.2 Å². The van der Waals surface area contributed by atoms with E-state index in [4.69, 9.17) is 25.2 Å². The smallest absolute Gasteiger partial charge is 0.410 e. The molecule has 2 heterocycles. The first kappa shape index (κ1) is 68.6. The first-order chi connectivity index (χ1) is 42.6. The van der Waals surface area contributed by atoms with Gasteiger partial charge in [0.1, 0.15) is 4.90 Å². The molecule has 0 bridgehead atoms. The highest BCUT2D eigenvalue weighted by molar-refractivity contribution is 7.99. The summed E-state index contributed by atoms with van der Waals surface area (Å²) >= 11 is 7.74. The molecule has 0 saturated carbocycles. The summed E-state index contributed by atoms with van der Waals surface area (Å²) in [5.41, 5.74) is -2.18. The topological polar surface area (TPSA) is 144 Å². The van der Waals surface area contributed by atoms with Gasteiger partial charge in [0.05, 0.1) is 36.0 Å². The highest BCUT2D eigenvalue weighted by Gasteiger charge is 2.51. The molecule has 480 valence electrons. The van der Waals surface area contributed by atoms with Gasteiger partial charge in [-0.3, -0.25) is 9.69 Å². The number of piperidine rings is 1. The second-order valence-corrected chi connectivity index (χ2v) is 40.0. The monoisotopic (exact) mass is 1340 g/mol. The summed E-state index contributed by atoms with van der Waals surface area (Å²) in [6.07, 6.45) is 1.48. The van der Waals surface area contributed by atoms with Gasteiger partial charge >= 0.3 is 5.51 Å². The maximum atomic E-state index is 14.7. The van der Waals surface area contributed by atoms with Crippen molar-refractivity contribution in [2.75, 3.05) is 61.9 Å². The van der Waals surface area contributed by atoms with E-state index in [0.717, 1.165) is 62.6 Å². The Hall–Kier alpha value is -5.79. The van der Waals surface area contributed by atoms with Crippen molar-refractivity contribution >= 4 is 87.5 Å². The van der Waals surface area contributed by atoms with Crippen LogP contribution in [0, 0.1) is 5.92 Å². The SMILES string of the molecule is CC(C)(C)[Si](C)(C)OC(c1ccccc1-c1ccc(Cl)cc1)C1CCN(c2ccc(C(=O)NS(=O)(=O)c3ccc(NC(CCN4CCOC(CO[Si](c5ccccc5)(c5ccccc5)C(C)(C)C)C4)CSc4ccccc4)c(S(=O)(=O)C(F)(F)F)c3)cc2)CC1.